The Hall–Kier alpha value is -1.65. The Kier molecular flexibility index (Phi) is 12.5. The van der Waals surface area contributed by atoms with Crippen LogP contribution < -0.4 is 10.6 Å². The van der Waals surface area contributed by atoms with Crippen LogP contribution in [0.3, 0.4) is 0 Å². The first-order chi connectivity index (χ1) is 12.8. The van der Waals surface area contributed by atoms with Crippen molar-refractivity contribution in [3.05, 3.63) is 48.5 Å². The first kappa shape index (κ1) is 23.4. The average molecular weight is 487 g/mol. The van der Waals surface area contributed by atoms with Crippen molar-refractivity contribution in [2.75, 3.05) is 40.0 Å². The van der Waals surface area contributed by atoms with Crippen LogP contribution in [-0.2, 0) is 16.0 Å². The van der Waals surface area contributed by atoms with Crippen molar-refractivity contribution in [1.82, 2.24) is 20.2 Å². The van der Waals surface area contributed by atoms with Crippen LogP contribution in [0.4, 0.5) is 0 Å². The van der Waals surface area contributed by atoms with E-state index in [1.54, 1.807) is 19.6 Å². The molecule has 2 rings (SSSR count). The molecule has 0 bridgehead atoms. The van der Waals surface area contributed by atoms with Crippen LogP contribution in [-0.4, -0.2) is 55.5 Å². The van der Waals surface area contributed by atoms with E-state index in [0.717, 1.165) is 36.7 Å². The van der Waals surface area contributed by atoms with Gasteiger partial charge in [0, 0.05) is 39.2 Å². The number of guanidine groups is 1. The Morgan fingerprint density at radius 2 is 2.04 bits per heavy atom. The second-order valence-corrected chi connectivity index (χ2v) is 5.68. The summed E-state index contributed by atoms with van der Waals surface area (Å²) in [5, 5.41) is 6.62. The van der Waals surface area contributed by atoms with Gasteiger partial charge < -0.3 is 24.7 Å². The Morgan fingerprint density at radius 1 is 1.19 bits per heavy atom. The maximum atomic E-state index is 5.47. The van der Waals surface area contributed by atoms with Crippen LogP contribution in [0.1, 0.15) is 18.9 Å². The normalized spacial score (nSPS) is 11.1. The molecular formula is C19H30IN5O2. The largest absolute Gasteiger partial charge is 0.382 e. The third-order valence-corrected chi connectivity index (χ3v) is 3.72. The fourth-order valence-corrected chi connectivity index (χ4v) is 2.43. The maximum absolute atomic E-state index is 5.47. The van der Waals surface area contributed by atoms with Gasteiger partial charge in [-0.1, -0.05) is 18.2 Å². The Bertz CT molecular complexity index is 649. The minimum Gasteiger partial charge on any atom is -0.382 e. The van der Waals surface area contributed by atoms with E-state index in [9.17, 15) is 0 Å². The van der Waals surface area contributed by atoms with Crippen molar-refractivity contribution in [1.29, 1.82) is 0 Å². The quantitative estimate of drug-likeness (QED) is 0.221. The van der Waals surface area contributed by atoms with Crippen LogP contribution in [0.15, 0.2) is 48.0 Å². The predicted molar refractivity (Wildman–Crippen MR) is 119 cm³/mol. The van der Waals surface area contributed by atoms with Crippen LogP contribution in [0.25, 0.3) is 5.69 Å². The molecule has 27 heavy (non-hydrogen) atoms. The highest BCUT2D eigenvalue weighted by Gasteiger charge is 2.04. The average Bonchev–Trinajstić information content (AvgIpc) is 3.20. The minimum absolute atomic E-state index is 0. The zero-order valence-electron chi connectivity index (χ0n) is 16.1. The number of nitrogens with zero attached hydrogens (tertiary/aromatic N) is 3. The molecule has 0 saturated carbocycles. The Labute approximate surface area is 178 Å². The molecule has 150 valence electrons. The van der Waals surface area contributed by atoms with E-state index < -0.39 is 0 Å². The molecular weight excluding hydrogens is 457 g/mol. The second-order valence-electron chi connectivity index (χ2n) is 5.68. The summed E-state index contributed by atoms with van der Waals surface area (Å²) in [4.78, 5) is 8.82. The number of aliphatic imine (C=N–C) groups is 1. The summed E-state index contributed by atoms with van der Waals surface area (Å²) < 4.78 is 12.4. The molecule has 1 aromatic heterocycles. The molecule has 0 aliphatic heterocycles. The molecule has 1 aromatic carbocycles. The highest BCUT2D eigenvalue weighted by Crippen LogP contribution is 2.14. The number of hydrogen-bond acceptors (Lipinski definition) is 4. The first-order valence-corrected chi connectivity index (χ1v) is 9.00. The van der Waals surface area contributed by atoms with Crippen LogP contribution >= 0.6 is 24.0 Å². The molecule has 0 fully saturated rings. The highest BCUT2D eigenvalue weighted by atomic mass is 127. The lowest BCUT2D eigenvalue weighted by Gasteiger charge is -2.13. The minimum atomic E-state index is 0. The predicted octanol–water partition coefficient (Wildman–Crippen LogP) is 2.60. The third-order valence-electron chi connectivity index (χ3n) is 3.72. The van der Waals surface area contributed by atoms with Gasteiger partial charge in [-0.15, -0.1) is 24.0 Å². The SMILES string of the molecule is CCNC(=NCc1ccccc1-n1ccnc1)NCCCOCCOC.I. The van der Waals surface area contributed by atoms with Gasteiger partial charge in [-0.3, -0.25) is 0 Å². The molecule has 0 atom stereocenters. The fraction of sp³-hybridized carbons (Fsp3) is 0.474. The standard InChI is InChI=1S/C19H29N5O2.HI/c1-3-21-19(22-9-6-12-26-14-13-25-2)23-15-17-7-4-5-8-18(17)24-11-10-20-16-24;/h4-5,7-8,10-11,16H,3,6,9,12-15H2,1-2H3,(H2,21,22,23);1H. The van der Waals surface area contributed by atoms with E-state index in [0.29, 0.717) is 26.4 Å². The van der Waals surface area contributed by atoms with Crippen molar-refractivity contribution in [2.24, 2.45) is 4.99 Å². The maximum Gasteiger partial charge on any atom is 0.191 e. The summed E-state index contributed by atoms with van der Waals surface area (Å²) in [5.41, 5.74) is 2.24. The van der Waals surface area contributed by atoms with E-state index in [-0.39, 0.29) is 24.0 Å². The van der Waals surface area contributed by atoms with Gasteiger partial charge in [-0.2, -0.15) is 0 Å². The number of halogens is 1. The molecule has 0 aliphatic carbocycles. The number of imidazole rings is 1. The molecule has 0 unspecified atom stereocenters. The van der Waals surface area contributed by atoms with E-state index in [2.05, 4.69) is 34.7 Å². The monoisotopic (exact) mass is 487 g/mol. The van der Waals surface area contributed by atoms with Crippen molar-refractivity contribution in [3.8, 4) is 5.69 Å². The smallest absolute Gasteiger partial charge is 0.191 e. The van der Waals surface area contributed by atoms with Gasteiger partial charge >= 0.3 is 0 Å². The van der Waals surface area contributed by atoms with Crippen LogP contribution in [0.5, 0.6) is 0 Å². The number of methoxy groups -OCH3 is 1. The molecule has 7 nitrogen and oxygen atoms in total. The van der Waals surface area contributed by atoms with Gasteiger partial charge in [0.2, 0.25) is 0 Å². The summed E-state index contributed by atoms with van der Waals surface area (Å²) in [6, 6.07) is 8.22. The van der Waals surface area contributed by atoms with Crippen molar-refractivity contribution in [3.63, 3.8) is 0 Å². The van der Waals surface area contributed by atoms with Gasteiger partial charge in [0.05, 0.1) is 31.8 Å². The number of benzene rings is 1. The van der Waals surface area contributed by atoms with Gasteiger partial charge in [0.15, 0.2) is 5.96 Å². The number of hydrogen-bond donors (Lipinski definition) is 2. The first-order valence-electron chi connectivity index (χ1n) is 9.00. The topological polar surface area (TPSA) is 72.7 Å². The van der Waals surface area contributed by atoms with Gasteiger partial charge in [0.25, 0.3) is 0 Å². The number of ether oxygens (including phenoxy) is 2. The lowest BCUT2D eigenvalue weighted by Crippen LogP contribution is -2.38. The summed E-state index contributed by atoms with van der Waals surface area (Å²) in [5.74, 6) is 0.810. The zero-order chi connectivity index (χ0) is 18.5. The highest BCUT2D eigenvalue weighted by molar-refractivity contribution is 14.0. The molecule has 1 heterocycles. The summed E-state index contributed by atoms with van der Waals surface area (Å²) in [6.45, 7) is 6.25. The molecule has 0 aliphatic rings. The summed E-state index contributed by atoms with van der Waals surface area (Å²) in [7, 11) is 1.68. The van der Waals surface area contributed by atoms with Crippen molar-refractivity contribution < 1.29 is 9.47 Å². The second kappa shape index (κ2) is 14.4. The molecule has 0 amide bonds. The summed E-state index contributed by atoms with van der Waals surface area (Å²) in [6.07, 6.45) is 6.44. The lowest BCUT2D eigenvalue weighted by atomic mass is 10.2. The number of para-hydroxylation sites is 1. The number of rotatable bonds is 11. The van der Waals surface area contributed by atoms with E-state index >= 15 is 0 Å². The third kappa shape index (κ3) is 8.72. The van der Waals surface area contributed by atoms with Gasteiger partial charge in [-0.05, 0) is 25.0 Å². The molecule has 0 saturated heterocycles. The van der Waals surface area contributed by atoms with Crippen LogP contribution in [0, 0.1) is 0 Å². The van der Waals surface area contributed by atoms with Crippen molar-refractivity contribution >= 4 is 29.9 Å². The molecule has 8 heteroatoms. The fourth-order valence-electron chi connectivity index (χ4n) is 2.43. The summed E-state index contributed by atoms with van der Waals surface area (Å²) >= 11 is 0. The molecule has 0 spiro atoms. The molecule has 2 N–H and O–H groups in total. The van der Waals surface area contributed by atoms with Gasteiger partial charge in [0.1, 0.15) is 0 Å². The Balaban J connectivity index is 0.00000364. The molecule has 0 radical (unpaired) electrons. The Morgan fingerprint density at radius 3 is 2.78 bits per heavy atom. The lowest BCUT2D eigenvalue weighted by molar-refractivity contribution is 0.0698. The van der Waals surface area contributed by atoms with Crippen molar-refractivity contribution in [2.45, 2.75) is 19.9 Å². The van der Waals surface area contributed by atoms with E-state index in [4.69, 9.17) is 14.5 Å². The number of nitrogens with one attached hydrogen (secondary N) is 2. The molecule has 2 aromatic rings. The van der Waals surface area contributed by atoms with Gasteiger partial charge in [-0.25, -0.2) is 9.98 Å². The number of aromatic nitrogens is 2. The van der Waals surface area contributed by atoms with E-state index in [1.165, 1.54) is 0 Å². The zero-order valence-corrected chi connectivity index (χ0v) is 18.4. The van der Waals surface area contributed by atoms with Crippen LogP contribution in [0.2, 0.25) is 0 Å². The van der Waals surface area contributed by atoms with E-state index in [1.807, 2.05) is 22.9 Å².